The Labute approximate surface area is 469 Å². The van der Waals surface area contributed by atoms with E-state index in [9.17, 15) is 10.2 Å². The van der Waals surface area contributed by atoms with Crippen LogP contribution in [0.25, 0.3) is 11.0 Å². The van der Waals surface area contributed by atoms with E-state index in [2.05, 4.69) is 105 Å². The number of aliphatic hydroxyl groups is 2. The summed E-state index contributed by atoms with van der Waals surface area (Å²) in [6.45, 7) is 19.3. The van der Waals surface area contributed by atoms with Crippen molar-refractivity contribution in [2.75, 3.05) is 26.8 Å². The van der Waals surface area contributed by atoms with Gasteiger partial charge in [-0.2, -0.15) is 0 Å². The number of epoxide rings is 1. The van der Waals surface area contributed by atoms with Crippen molar-refractivity contribution in [1.82, 2.24) is 19.9 Å². The van der Waals surface area contributed by atoms with Crippen LogP contribution < -0.4 is 5.32 Å². The summed E-state index contributed by atoms with van der Waals surface area (Å²) in [6, 6.07) is 7.50. The van der Waals surface area contributed by atoms with Crippen LogP contribution in [0.3, 0.4) is 0 Å². The highest BCUT2D eigenvalue weighted by atomic mass is 16.6. The average Bonchev–Trinajstić information content (AvgIpc) is 2.12. The number of nitrogens with zero attached hydrogens (tertiary/aromatic N) is 1. The molecule has 3 aromatic heterocycles. The molecule has 11 aliphatic rings. The lowest BCUT2D eigenvalue weighted by atomic mass is 9.28. The van der Waals surface area contributed by atoms with E-state index in [4.69, 9.17) is 9.47 Å². The molecule has 0 amide bonds. The third-order valence-corrected chi connectivity index (χ3v) is 26.6. The van der Waals surface area contributed by atoms with E-state index < -0.39 is 44.9 Å². The molecule has 5 N–H and O–H groups in total. The fourth-order valence-electron chi connectivity index (χ4n) is 22.9. The smallest absolute Gasteiger partial charge is 0.160 e. The number of aryl methyl sites for hydroxylation is 1. The van der Waals surface area contributed by atoms with Crippen LogP contribution in [0.5, 0.6) is 0 Å². The zero-order valence-corrected chi connectivity index (χ0v) is 49.1. The lowest BCUT2D eigenvalue weighted by Crippen LogP contribution is -2.74. The standard InChI is InChI=1S/C69H92N4O6/c1-63(2)62(79-63)51(75)33-64(3)21-15-42-35-72-57-43(29-38-30-47(40-19-27-78-28-20-40)45-14-13-39-11-9-10-12-44(39)48(45)31-38)36-73(58(42)57)37-49-53-55(64)50(74)34-67(53,6)66(5)22-17-52-65(4,24-26-70-8)61(77)54-46-18-25-71-56(46)41-16-23-69(54,32-41)68(52,7)60(66)59(49)76/h18,25,30-31,35-36,39-41,44,49,51-52,54,59-60,62,70-72,75-76H,9-17,19-24,26-29,32-34,37H2,1-8H3/t39-,41-,44-,49-,51-,52+,54+,59-,60+,62-,64+,65+,66+,67+,68-,69-/m1/s1. The minimum absolute atomic E-state index is 0.0734. The molecule has 6 heterocycles. The number of hydrogen-bond donors (Lipinski definition) is 5. The number of carbonyl (C=O) groups excluding carboxylic acids is 2. The molecule has 0 unspecified atom stereocenters. The van der Waals surface area contributed by atoms with E-state index in [-0.39, 0.29) is 41.0 Å². The largest absolute Gasteiger partial charge is 0.392 e. The van der Waals surface area contributed by atoms with Crippen molar-refractivity contribution in [1.29, 1.82) is 0 Å². The van der Waals surface area contributed by atoms with Gasteiger partial charge in [0.2, 0.25) is 0 Å². The van der Waals surface area contributed by atoms with E-state index >= 15 is 9.59 Å². The van der Waals surface area contributed by atoms with Gasteiger partial charge >= 0.3 is 0 Å². The molecular weight excluding hydrogens is 981 g/mol. The summed E-state index contributed by atoms with van der Waals surface area (Å²) in [7, 11) is 2.02. The molecule has 5 saturated carbocycles. The van der Waals surface area contributed by atoms with Gasteiger partial charge in [-0.05, 0) is 232 Å². The summed E-state index contributed by atoms with van der Waals surface area (Å²) in [4.78, 5) is 39.5. The van der Waals surface area contributed by atoms with Crippen molar-refractivity contribution < 1.29 is 29.3 Å². The number of nitrogens with one attached hydrogen (secondary N) is 3. The van der Waals surface area contributed by atoms with E-state index in [1.807, 2.05) is 7.05 Å². The summed E-state index contributed by atoms with van der Waals surface area (Å²) < 4.78 is 14.7. The van der Waals surface area contributed by atoms with Gasteiger partial charge in [-0.3, -0.25) is 9.59 Å². The predicted octanol–water partition coefficient (Wildman–Crippen LogP) is 12.4. The molecule has 2 bridgehead atoms. The second kappa shape index (κ2) is 17.6. The number of aliphatic hydroxyl groups excluding tert-OH is 2. The molecule has 15 rings (SSSR count). The molecule has 4 aromatic rings. The van der Waals surface area contributed by atoms with Crippen molar-refractivity contribution in [3.05, 3.63) is 92.6 Å². The Hall–Kier alpha value is -3.80. The number of aromatic amines is 2. The minimum atomic E-state index is -0.779. The van der Waals surface area contributed by atoms with Crippen LogP contribution in [-0.4, -0.2) is 87.0 Å². The number of H-pyrrole nitrogens is 2. The number of rotatable bonds is 9. The number of allylic oxidation sites excluding steroid dienone is 1. The summed E-state index contributed by atoms with van der Waals surface area (Å²) in [6.07, 6.45) is 23.7. The molecule has 10 nitrogen and oxygen atoms in total. The van der Waals surface area contributed by atoms with Crippen LogP contribution >= 0.6 is 0 Å². The first-order valence-corrected chi connectivity index (χ1v) is 31.9. The Morgan fingerprint density at radius 3 is 2.44 bits per heavy atom. The molecule has 0 radical (unpaired) electrons. The first-order valence-electron chi connectivity index (χ1n) is 31.9. The fourth-order valence-corrected chi connectivity index (χ4v) is 22.9. The average molecular weight is 1070 g/mol. The molecule has 7 fully saturated rings. The van der Waals surface area contributed by atoms with Crippen LogP contribution in [-0.2, 0) is 44.9 Å². The molecule has 1 spiro atoms. The first kappa shape index (κ1) is 52.0. The highest BCUT2D eigenvalue weighted by Gasteiger charge is 2.80. The Bertz CT molecular complexity index is 3190. The quantitative estimate of drug-likeness (QED) is 0.105. The first-order chi connectivity index (χ1) is 37.8. The minimum Gasteiger partial charge on any atom is -0.392 e. The zero-order chi connectivity index (χ0) is 54.6. The van der Waals surface area contributed by atoms with E-state index in [0.29, 0.717) is 49.3 Å². The Morgan fingerprint density at radius 2 is 1.66 bits per heavy atom. The van der Waals surface area contributed by atoms with Crippen molar-refractivity contribution in [3.8, 4) is 0 Å². The van der Waals surface area contributed by atoms with Gasteiger partial charge in [-0.1, -0.05) is 59.6 Å². The maximum atomic E-state index is 16.0. The van der Waals surface area contributed by atoms with Gasteiger partial charge < -0.3 is 39.5 Å². The van der Waals surface area contributed by atoms with E-state index in [1.165, 1.54) is 83.1 Å². The van der Waals surface area contributed by atoms with Crippen LogP contribution in [0.1, 0.15) is 220 Å². The Kier molecular flexibility index (Phi) is 11.6. The molecule has 16 atom stereocenters. The number of ketones is 2. The SMILES string of the molecule is CNCC[C@]1(C)C(=O)[C@@H]2c3cc[nH]c3[C@@H]3CC[C@]2(C3)[C@@]2(C)[C@H]3[C@H](O)[C@@H]4Cn5cc(Cc6cc(C7CCOCC7)c7c(c6)[C@@H]6CCCC[C@@H]6CC7)c6[nH]cc(c65)CC[C@@](C)(C[C@@H](O)[C@H]5OC5(C)C)C5=C4[C@](C)(CC5=O)[C@@]3(C)CC[C@H]21. The van der Waals surface area contributed by atoms with Crippen molar-refractivity contribution >= 4 is 22.6 Å². The van der Waals surface area contributed by atoms with Crippen LogP contribution in [0.2, 0.25) is 0 Å². The van der Waals surface area contributed by atoms with Gasteiger partial charge in [-0.25, -0.2) is 0 Å². The van der Waals surface area contributed by atoms with Crippen LogP contribution in [0.4, 0.5) is 0 Å². The number of ether oxygens (including phenoxy) is 2. The van der Waals surface area contributed by atoms with Gasteiger partial charge in [0.05, 0.1) is 34.8 Å². The highest BCUT2D eigenvalue weighted by Crippen LogP contribution is 2.83. The molecule has 1 aromatic carbocycles. The second-order valence-electron chi connectivity index (χ2n) is 30.4. The van der Waals surface area contributed by atoms with E-state index in [1.54, 1.807) is 16.7 Å². The normalized spacial score (nSPS) is 42.2. The van der Waals surface area contributed by atoms with Gasteiger partial charge in [-0.15, -0.1) is 0 Å². The fraction of sp³-hybridized carbons (Fsp3) is 0.710. The number of benzene rings is 1. The van der Waals surface area contributed by atoms with Gasteiger partial charge in [0.25, 0.3) is 0 Å². The molecule has 79 heavy (non-hydrogen) atoms. The topological polar surface area (TPSA) is 145 Å². The number of fused-ring (bicyclic) bond motifs is 11. The number of carbonyl (C=O) groups is 2. The molecule has 8 aliphatic carbocycles. The summed E-state index contributed by atoms with van der Waals surface area (Å²) in [5, 5.41) is 30.4. The third-order valence-electron chi connectivity index (χ3n) is 26.6. The predicted molar refractivity (Wildman–Crippen MR) is 308 cm³/mol. The molecular formula is C69H92N4O6. The third kappa shape index (κ3) is 6.93. The monoisotopic (exact) mass is 1070 g/mol. The van der Waals surface area contributed by atoms with Crippen molar-refractivity contribution in [3.63, 3.8) is 0 Å². The van der Waals surface area contributed by atoms with Crippen LogP contribution in [0, 0.1) is 56.2 Å². The van der Waals surface area contributed by atoms with Gasteiger partial charge in [0.1, 0.15) is 11.9 Å². The van der Waals surface area contributed by atoms with Crippen molar-refractivity contribution in [2.45, 2.75) is 225 Å². The Balaban J connectivity index is 0.907. The summed E-state index contributed by atoms with van der Waals surface area (Å²) >= 11 is 0. The summed E-state index contributed by atoms with van der Waals surface area (Å²) in [5.41, 5.74) is 12.4. The molecule has 10 heteroatoms. The number of aromatic nitrogens is 3. The Morgan fingerprint density at radius 1 is 0.873 bits per heavy atom. The lowest BCUT2D eigenvalue weighted by Gasteiger charge is -2.76. The zero-order valence-electron chi connectivity index (χ0n) is 49.1. The maximum Gasteiger partial charge on any atom is 0.160 e. The van der Waals surface area contributed by atoms with E-state index in [0.717, 1.165) is 95.5 Å². The maximum absolute atomic E-state index is 16.0. The number of Topliss-reactive ketones (excluding diaryl/α,β-unsaturated/α-hetero) is 2. The van der Waals surface area contributed by atoms with Gasteiger partial charge in [0, 0.05) is 79.2 Å². The lowest BCUT2D eigenvalue weighted by molar-refractivity contribution is -0.267. The molecule has 2 saturated heterocycles. The molecule has 3 aliphatic heterocycles. The van der Waals surface area contributed by atoms with Crippen LogP contribution in [0.15, 0.2) is 47.9 Å². The number of hydrogen-bond acceptors (Lipinski definition) is 7. The highest BCUT2D eigenvalue weighted by molar-refractivity contribution is 6.02. The second-order valence-corrected chi connectivity index (χ2v) is 30.4. The summed E-state index contributed by atoms with van der Waals surface area (Å²) in [5.74, 6) is 2.27. The molecule has 424 valence electrons. The van der Waals surface area contributed by atoms with Gasteiger partial charge in [0.15, 0.2) is 5.78 Å². The van der Waals surface area contributed by atoms with Crippen molar-refractivity contribution in [2.24, 2.45) is 56.2 Å².